The number of H-pyrrole nitrogens is 1. The first kappa shape index (κ1) is 47.0. The van der Waals surface area contributed by atoms with Crippen molar-refractivity contribution >= 4 is 22.4 Å². The first-order chi connectivity index (χ1) is 24.0. The average Bonchev–Trinajstić information content (AvgIpc) is 3.94. The fourth-order valence-electron chi connectivity index (χ4n) is 4.59. The number of nitrogens with zero attached hydrogens (tertiary/aromatic N) is 5. The van der Waals surface area contributed by atoms with E-state index in [0.717, 1.165) is 58.0 Å². The van der Waals surface area contributed by atoms with Gasteiger partial charge in [-0.25, -0.2) is 9.97 Å². The summed E-state index contributed by atoms with van der Waals surface area (Å²) in [5.41, 5.74) is 6.54. The van der Waals surface area contributed by atoms with Crippen molar-refractivity contribution in [2.45, 2.75) is 37.6 Å². The zero-order chi connectivity index (χ0) is 35.3. The van der Waals surface area contributed by atoms with Crippen LogP contribution in [0.2, 0.25) is 0 Å². The van der Waals surface area contributed by atoms with Crippen molar-refractivity contribution in [2.24, 2.45) is 0 Å². The zero-order valence-electron chi connectivity index (χ0n) is 30.8. The van der Waals surface area contributed by atoms with Gasteiger partial charge in [0.15, 0.2) is 0 Å². The molecule has 11 nitrogen and oxygen atoms in total. The van der Waals surface area contributed by atoms with E-state index in [2.05, 4.69) is 101 Å². The van der Waals surface area contributed by atoms with Gasteiger partial charge in [-0.15, -0.1) is 0 Å². The minimum absolute atomic E-state index is 0. The fourth-order valence-corrected chi connectivity index (χ4v) is 4.86. The van der Waals surface area contributed by atoms with Crippen LogP contribution >= 0.6 is 15.9 Å². The van der Waals surface area contributed by atoms with E-state index in [0.29, 0.717) is 4.83 Å². The van der Waals surface area contributed by atoms with Crippen molar-refractivity contribution in [3.63, 3.8) is 0 Å². The third kappa shape index (κ3) is 16.2. The van der Waals surface area contributed by atoms with E-state index >= 15 is 0 Å². The molecule has 6 rings (SSSR count). The summed E-state index contributed by atoms with van der Waals surface area (Å²) < 4.78 is 12.6. The summed E-state index contributed by atoms with van der Waals surface area (Å²) in [6.07, 6.45) is 16.5. The Hall–Kier alpha value is -2.06. The third-order valence-electron chi connectivity index (χ3n) is 7.12. The Balaban J connectivity index is 0.000000779. The second-order valence-electron chi connectivity index (χ2n) is 10.2. The van der Waals surface area contributed by atoms with Crippen molar-refractivity contribution in [3.8, 4) is 33.8 Å². The Morgan fingerprint density at radius 2 is 1.39 bits per heavy atom. The van der Waals surface area contributed by atoms with E-state index in [1.165, 1.54) is 0 Å². The Labute approximate surface area is 394 Å². The third-order valence-corrected chi connectivity index (χ3v) is 8.23. The zero-order valence-corrected chi connectivity index (χ0v) is 37.7. The second kappa shape index (κ2) is 27.5. The van der Waals surface area contributed by atoms with Gasteiger partial charge in [0, 0.05) is 48.3 Å². The van der Waals surface area contributed by atoms with E-state index < -0.39 is 0 Å². The second-order valence-corrected chi connectivity index (χ2v) is 11.3. The Bertz CT molecular complexity index is 1740. The smallest absolute Gasteiger partial charge is 1.00 e. The Kier molecular flexibility index (Phi) is 25.4. The van der Waals surface area contributed by atoms with Crippen molar-refractivity contribution in [3.05, 3.63) is 134 Å². The van der Waals surface area contributed by atoms with Crippen LogP contribution in [0.15, 0.2) is 123 Å². The molecule has 6 aromatic rings. The summed E-state index contributed by atoms with van der Waals surface area (Å²) in [5.74, 6) is 1.72. The van der Waals surface area contributed by atoms with Crippen LogP contribution in [0.3, 0.4) is 0 Å². The van der Waals surface area contributed by atoms with Gasteiger partial charge in [-0.2, -0.15) is 0 Å². The van der Waals surface area contributed by atoms with Gasteiger partial charge in [0.05, 0.1) is 49.1 Å². The molecule has 2 aromatic carbocycles. The number of imidazole rings is 2. The first-order valence-corrected chi connectivity index (χ1v) is 16.4. The largest absolute Gasteiger partial charge is 1.00 e. The molecule has 0 saturated heterocycles. The van der Waals surface area contributed by atoms with E-state index in [9.17, 15) is 0 Å². The predicted octanol–water partition coefficient (Wildman–Crippen LogP) is 1.52. The molecule has 0 saturated carbocycles. The monoisotopic (exact) mass is 806 g/mol. The van der Waals surface area contributed by atoms with Crippen molar-refractivity contribution in [1.82, 2.24) is 29.5 Å². The topological polar surface area (TPSA) is 140 Å². The summed E-state index contributed by atoms with van der Waals surface area (Å²) in [7, 11) is 3.36. The molecule has 0 spiro atoms. The van der Waals surface area contributed by atoms with Crippen LogP contribution in [0.25, 0.3) is 22.3 Å². The van der Waals surface area contributed by atoms with Crippen LogP contribution < -0.4 is 118 Å². The number of methoxy groups -OCH3 is 2. The van der Waals surface area contributed by atoms with Crippen LogP contribution in [0.4, 0.5) is 0 Å². The molecule has 1 N–H and O–H groups in total. The van der Waals surface area contributed by atoms with Gasteiger partial charge in [-0.1, -0.05) is 66.2 Å². The number of carbonyl (C=O) groups is 1. The fraction of sp³-hybridized carbons (Fsp3) is 0.216. The van der Waals surface area contributed by atoms with Crippen molar-refractivity contribution in [2.75, 3.05) is 14.2 Å². The van der Waals surface area contributed by atoms with Gasteiger partial charge in [-0.3, -0.25) is 14.8 Å². The van der Waals surface area contributed by atoms with Crippen LogP contribution in [0.5, 0.6) is 11.5 Å². The average molecular weight is 808 g/mol. The van der Waals surface area contributed by atoms with Crippen LogP contribution in [-0.2, 0) is 9.68 Å². The maximum Gasteiger partial charge on any atom is 1.00 e. The number of alkyl halides is 1. The molecule has 0 amide bonds. The van der Waals surface area contributed by atoms with Gasteiger partial charge < -0.3 is 30.6 Å². The molecular formula is C37H41BrK2N6O5. The number of nitrogens with one attached hydrogen (secondary N) is 1. The molecule has 4 aromatic heterocycles. The van der Waals surface area contributed by atoms with Gasteiger partial charge in [-0.05, 0) is 60.4 Å². The molecule has 2 unspecified atom stereocenters. The van der Waals surface area contributed by atoms with Gasteiger partial charge in [0.1, 0.15) is 11.5 Å². The van der Waals surface area contributed by atoms with Crippen molar-refractivity contribution in [1.29, 1.82) is 0 Å². The molecule has 258 valence electrons. The van der Waals surface area contributed by atoms with Gasteiger partial charge in [0.2, 0.25) is 0 Å². The number of hydrogen-bond acceptors (Lipinski definition) is 9. The van der Waals surface area contributed by atoms with Crippen LogP contribution in [-0.4, -0.2) is 50.2 Å². The minimum Gasteiger partial charge on any atom is -1.00 e. The summed E-state index contributed by atoms with van der Waals surface area (Å²) in [6, 6.07) is 24.6. The number of rotatable bonds is 10. The number of ether oxygens (including phenoxy) is 2. The van der Waals surface area contributed by atoms with Gasteiger partial charge in [0.25, 0.3) is 6.47 Å². The molecule has 0 aliphatic rings. The molecule has 0 radical (unpaired) electrons. The molecule has 0 bridgehead atoms. The molecule has 0 aliphatic heterocycles. The molecule has 0 fully saturated rings. The molecule has 14 heteroatoms. The number of benzene rings is 2. The van der Waals surface area contributed by atoms with Crippen LogP contribution in [0, 0.1) is 0 Å². The number of aromatic amines is 1. The number of carbonyl (C=O) groups excluding carboxylic acids is 1. The number of hydrogen-bond donors (Lipinski definition) is 1. The maximum atomic E-state index is 8.64. The normalized spacial score (nSPS) is 10.7. The van der Waals surface area contributed by atoms with E-state index in [1.54, 1.807) is 39.1 Å². The maximum absolute atomic E-state index is 8.64. The molecule has 2 atom stereocenters. The first-order valence-electron chi connectivity index (χ1n) is 15.4. The summed E-state index contributed by atoms with van der Waals surface area (Å²) in [5, 5.41) is 8.43. The Morgan fingerprint density at radius 3 is 1.75 bits per heavy atom. The number of pyridine rings is 2. The van der Waals surface area contributed by atoms with Gasteiger partial charge >= 0.3 is 103 Å². The molecule has 51 heavy (non-hydrogen) atoms. The summed E-state index contributed by atoms with van der Waals surface area (Å²) in [6.45, 7) is 4.11. The molecule has 4 heterocycles. The molecule has 0 aliphatic carbocycles. The summed E-state index contributed by atoms with van der Waals surface area (Å²) in [4.78, 5) is 31.3. The SMILES string of the molecule is CCC(Br)c1ccc(-c2cccc(OC)c2)cn1.CCC(c1ccc(-c2cccc(OC)c2)cn1)n1ccnc1.O=CO[O-].[H-].[K+].[K+].c1c[nH]cn1. The minimum atomic E-state index is -0.181. The summed E-state index contributed by atoms with van der Waals surface area (Å²) >= 11 is 3.61. The number of halogens is 1. The van der Waals surface area contributed by atoms with Crippen molar-refractivity contribution < 1.29 is 129 Å². The van der Waals surface area contributed by atoms with E-state index in [4.69, 9.17) is 19.5 Å². The quantitative estimate of drug-likeness (QED) is 0.0718. The predicted molar refractivity (Wildman–Crippen MR) is 192 cm³/mol. The number of aromatic nitrogens is 6. The Morgan fingerprint density at radius 1 is 0.824 bits per heavy atom. The van der Waals surface area contributed by atoms with E-state index in [1.807, 2.05) is 61.3 Å². The molecular weight excluding hydrogens is 767 g/mol. The van der Waals surface area contributed by atoms with Crippen LogP contribution in [0.1, 0.15) is 50.4 Å². The van der Waals surface area contributed by atoms with E-state index in [-0.39, 0.29) is 117 Å². The standard InChI is InChI=1S/C18H19N3O.C15H16BrNO.C3H4N2.CH2O3.2K.H/c1-3-18(21-10-9-19-13-21)17-8-7-15(12-20-17)14-5-4-6-16(11-14)22-2;1-3-14(16)15-8-7-12(10-17-15)11-5-4-6-13(9-11)18-2;1-2-5-3-4-1;2-1-4-3;;;/h4-13,18H,3H2,1-2H3;4-10,14H,3H2,1-2H3;1-3H,(H,4,5);1,3H;;;/q;;;;2*+1;-1/p-1.